The largest absolute Gasteiger partial charge is 0.417 e. The third-order valence-corrected chi connectivity index (χ3v) is 4.89. The van der Waals surface area contributed by atoms with Crippen molar-refractivity contribution < 1.29 is 18.0 Å². The fourth-order valence-corrected chi connectivity index (χ4v) is 3.30. The number of amides is 1. The molecule has 138 valence electrons. The van der Waals surface area contributed by atoms with Gasteiger partial charge in [-0.05, 0) is 36.8 Å². The van der Waals surface area contributed by atoms with E-state index in [9.17, 15) is 18.0 Å². The second-order valence-corrected chi connectivity index (χ2v) is 6.66. The summed E-state index contributed by atoms with van der Waals surface area (Å²) >= 11 is 5.68. The molecule has 2 aromatic carbocycles. The number of hydrogen-bond acceptors (Lipinski definition) is 2. The van der Waals surface area contributed by atoms with Crippen molar-refractivity contribution >= 4 is 23.2 Å². The van der Waals surface area contributed by atoms with Gasteiger partial charge in [-0.3, -0.25) is 4.79 Å². The van der Waals surface area contributed by atoms with E-state index in [-0.39, 0.29) is 10.9 Å². The van der Waals surface area contributed by atoms with Crippen molar-refractivity contribution in [2.24, 2.45) is 0 Å². The predicted molar refractivity (Wildman–Crippen MR) is 95.7 cm³/mol. The highest BCUT2D eigenvalue weighted by Crippen LogP contribution is 2.37. The Bertz CT molecular complexity index is 815. The summed E-state index contributed by atoms with van der Waals surface area (Å²) in [6.45, 7) is 3.73. The molecule has 1 fully saturated rings. The van der Waals surface area contributed by atoms with Gasteiger partial charge >= 0.3 is 6.18 Å². The molecule has 1 heterocycles. The summed E-state index contributed by atoms with van der Waals surface area (Å²) in [4.78, 5) is 16.2. The summed E-state index contributed by atoms with van der Waals surface area (Å²) in [5.74, 6) is -0.0464. The van der Waals surface area contributed by atoms with E-state index in [1.165, 1.54) is 6.07 Å². The summed E-state index contributed by atoms with van der Waals surface area (Å²) in [7, 11) is 0. The van der Waals surface area contributed by atoms with E-state index in [1.807, 2.05) is 30.0 Å². The molecule has 7 heteroatoms. The van der Waals surface area contributed by atoms with Crippen molar-refractivity contribution in [1.29, 1.82) is 0 Å². The molecule has 0 spiro atoms. The first kappa shape index (κ1) is 18.6. The van der Waals surface area contributed by atoms with Gasteiger partial charge < -0.3 is 9.80 Å². The number of halogens is 4. The molecule has 0 bridgehead atoms. The van der Waals surface area contributed by atoms with Gasteiger partial charge in [-0.25, -0.2) is 0 Å². The van der Waals surface area contributed by atoms with Gasteiger partial charge in [0.1, 0.15) is 0 Å². The van der Waals surface area contributed by atoms with Gasteiger partial charge in [0.15, 0.2) is 0 Å². The Morgan fingerprint density at radius 3 is 2.31 bits per heavy atom. The maximum absolute atomic E-state index is 13.0. The van der Waals surface area contributed by atoms with Crippen LogP contribution in [0.2, 0.25) is 5.02 Å². The molecule has 1 aliphatic heterocycles. The van der Waals surface area contributed by atoms with Crippen LogP contribution in [0.15, 0.2) is 42.5 Å². The van der Waals surface area contributed by atoms with Crippen LogP contribution < -0.4 is 4.90 Å². The molecular formula is C19H18ClF3N2O. The van der Waals surface area contributed by atoms with Gasteiger partial charge in [-0.2, -0.15) is 13.2 Å². The van der Waals surface area contributed by atoms with Gasteiger partial charge in [-0.1, -0.05) is 29.8 Å². The minimum Gasteiger partial charge on any atom is -0.368 e. The number of benzene rings is 2. The zero-order valence-electron chi connectivity index (χ0n) is 14.2. The summed E-state index contributed by atoms with van der Waals surface area (Å²) in [5.41, 5.74) is 1.19. The number of piperazine rings is 1. The number of alkyl halides is 3. The van der Waals surface area contributed by atoms with Crippen molar-refractivity contribution in [3.8, 4) is 0 Å². The molecule has 0 N–H and O–H groups in total. The van der Waals surface area contributed by atoms with Crippen LogP contribution >= 0.6 is 11.6 Å². The SMILES string of the molecule is Cc1ccccc1C(=O)N1CCN(c2ccc(Cl)c(C(F)(F)F)c2)CC1. The van der Waals surface area contributed by atoms with Crippen molar-refractivity contribution in [3.05, 3.63) is 64.2 Å². The fraction of sp³-hybridized carbons (Fsp3) is 0.316. The highest BCUT2D eigenvalue weighted by molar-refractivity contribution is 6.31. The number of aryl methyl sites for hydroxylation is 1. The lowest BCUT2D eigenvalue weighted by atomic mass is 10.1. The van der Waals surface area contributed by atoms with E-state index in [0.717, 1.165) is 11.6 Å². The standard InChI is InChI=1S/C19H18ClF3N2O/c1-13-4-2-3-5-15(13)18(26)25-10-8-24(9-11-25)14-6-7-17(20)16(12-14)19(21,22)23/h2-7,12H,8-11H2,1H3. The Labute approximate surface area is 155 Å². The minimum absolute atomic E-state index is 0.0464. The smallest absolute Gasteiger partial charge is 0.368 e. The average Bonchev–Trinajstić information content (AvgIpc) is 2.61. The third kappa shape index (κ3) is 3.80. The number of nitrogens with zero attached hydrogens (tertiary/aromatic N) is 2. The Morgan fingerprint density at radius 1 is 1.04 bits per heavy atom. The normalized spacial score (nSPS) is 15.3. The number of carbonyl (C=O) groups excluding carboxylic acids is 1. The van der Waals surface area contributed by atoms with E-state index in [1.54, 1.807) is 17.0 Å². The van der Waals surface area contributed by atoms with Crippen LogP contribution in [0.5, 0.6) is 0 Å². The highest BCUT2D eigenvalue weighted by Gasteiger charge is 2.34. The molecule has 26 heavy (non-hydrogen) atoms. The molecule has 1 aliphatic rings. The molecule has 0 saturated carbocycles. The topological polar surface area (TPSA) is 23.6 Å². The number of rotatable bonds is 2. The lowest BCUT2D eigenvalue weighted by Gasteiger charge is -2.36. The van der Waals surface area contributed by atoms with Crippen LogP contribution in [-0.2, 0) is 6.18 Å². The number of anilines is 1. The molecular weight excluding hydrogens is 365 g/mol. The Kier molecular flexibility index (Phi) is 5.14. The summed E-state index contributed by atoms with van der Waals surface area (Å²) in [6, 6.07) is 11.3. The van der Waals surface area contributed by atoms with E-state index in [2.05, 4.69) is 0 Å². The van der Waals surface area contributed by atoms with Crippen LogP contribution in [0.3, 0.4) is 0 Å². The fourth-order valence-electron chi connectivity index (χ4n) is 3.08. The van der Waals surface area contributed by atoms with Crippen LogP contribution in [-0.4, -0.2) is 37.0 Å². The second-order valence-electron chi connectivity index (χ2n) is 6.26. The van der Waals surface area contributed by atoms with E-state index in [0.29, 0.717) is 37.4 Å². The second kappa shape index (κ2) is 7.19. The van der Waals surface area contributed by atoms with Gasteiger partial charge in [0.05, 0.1) is 10.6 Å². The summed E-state index contributed by atoms with van der Waals surface area (Å²) < 4.78 is 39.1. The molecule has 0 unspecified atom stereocenters. The molecule has 0 atom stereocenters. The molecule has 1 amide bonds. The average molecular weight is 383 g/mol. The Hall–Kier alpha value is -2.21. The van der Waals surface area contributed by atoms with Crippen LogP contribution in [0.25, 0.3) is 0 Å². The summed E-state index contributed by atoms with van der Waals surface area (Å²) in [5, 5.41) is -0.311. The first-order valence-electron chi connectivity index (χ1n) is 8.24. The van der Waals surface area contributed by atoms with Crippen molar-refractivity contribution in [2.45, 2.75) is 13.1 Å². The molecule has 2 aromatic rings. The van der Waals surface area contributed by atoms with Crippen molar-refractivity contribution in [1.82, 2.24) is 4.90 Å². The maximum Gasteiger partial charge on any atom is 0.417 e. The monoisotopic (exact) mass is 382 g/mol. The van der Waals surface area contributed by atoms with E-state index < -0.39 is 11.7 Å². The van der Waals surface area contributed by atoms with Gasteiger partial charge in [0.2, 0.25) is 0 Å². The molecule has 1 saturated heterocycles. The number of hydrogen-bond donors (Lipinski definition) is 0. The minimum atomic E-state index is -4.49. The van der Waals surface area contributed by atoms with Crippen LogP contribution in [0.1, 0.15) is 21.5 Å². The third-order valence-electron chi connectivity index (χ3n) is 4.56. The zero-order chi connectivity index (χ0) is 18.9. The van der Waals surface area contributed by atoms with E-state index in [4.69, 9.17) is 11.6 Å². The summed E-state index contributed by atoms with van der Waals surface area (Å²) in [6.07, 6.45) is -4.49. The quantitative estimate of drug-likeness (QED) is 0.756. The Balaban J connectivity index is 1.71. The molecule has 3 rings (SSSR count). The van der Waals surface area contributed by atoms with Gasteiger partial charge in [0.25, 0.3) is 5.91 Å². The first-order chi connectivity index (χ1) is 12.3. The molecule has 0 radical (unpaired) electrons. The highest BCUT2D eigenvalue weighted by atomic mass is 35.5. The van der Waals surface area contributed by atoms with Crippen LogP contribution in [0, 0.1) is 6.92 Å². The van der Waals surface area contributed by atoms with Crippen molar-refractivity contribution in [2.75, 3.05) is 31.1 Å². The number of carbonyl (C=O) groups is 1. The van der Waals surface area contributed by atoms with E-state index >= 15 is 0 Å². The molecule has 0 aromatic heterocycles. The van der Waals surface area contributed by atoms with Crippen molar-refractivity contribution in [3.63, 3.8) is 0 Å². The molecule has 3 nitrogen and oxygen atoms in total. The lowest BCUT2D eigenvalue weighted by molar-refractivity contribution is -0.137. The lowest BCUT2D eigenvalue weighted by Crippen LogP contribution is -2.49. The predicted octanol–water partition coefficient (Wildman–Crippen LogP) is 4.63. The Morgan fingerprint density at radius 2 is 1.69 bits per heavy atom. The first-order valence-corrected chi connectivity index (χ1v) is 8.62. The van der Waals surface area contributed by atoms with Gasteiger partial charge in [0, 0.05) is 37.4 Å². The molecule has 0 aliphatic carbocycles. The van der Waals surface area contributed by atoms with Crippen LogP contribution in [0.4, 0.5) is 18.9 Å². The van der Waals surface area contributed by atoms with Gasteiger partial charge in [-0.15, -0.1) is 0 Å². The maximum atomic E-state index is 13.0. The zero-order valence-corrected chi connectivity index (χ0v) is 14.9.